The molecule has 0 bridgehead atoms. The topological polar surface area (TPSA) is 78.9 Å². The van der Waals surface area contributed by atoms with Crippen molar-refractivity contribution < 1.29 is 28.6 Å². The van der Waals surface area contributed by atoms with Gasteiger partial charge in [0.15, 0.2) is 6.10 Å². The number of hydrogen-bond acceptors (Lipinski definition) is 6. The minimum atomic E-state index is -0.835. The molecule has 0 rings (SSSR count). The first-order chi connectivity index (χ1) is 34.0. The molecule has 0 fully saturated rings. The average molecular weight is 951 g/mol. The van der Waals surface area contributed by atoms with E-state index in [1.54, 1.807) is 0 Å². The van der Waals surface area contributed by atoms with Crippen LogP contribution < -0.4 is 0 Å². The van der Waals surface area contributed by atoms with Gasteiger partial charge in [0, 0.05) is 19.3 Å². The van der Waals surface area contributed by atoms with Gasteiger partial charge < -0.3 is 14.2 Å². The lowest BCUT2D eigenvalue weighted by molar-refractivity contribution is -0.166. The Balaban J connectivity index is 4.60. The van der Waals surface area contributed by atoms with Gasteiger partial charge in [0.1, 0.15) is 13.2 Å². The maximum absolute atomic E-state index is 12.8. The van der Waals surface area contributed by atoms with Gasteiger partial charge in [-0.25, -0.2) is 0 Å². The van der Waals surface area contributed by atoms with Crippen LogP contribution in [0.1, 0.15) is 213 Å². The maximum atomic E-state index is 12.8. The molecular weight excluding hydrogens is 853 g/mol. The summed E-state index contributed by atoms with van der Waals surface area (Å²) in [4.78, 5) is 38.1. The predicted octanol–water partition coefficient (Wildman–Crippen LogP) is 18.4. The monoisotopic (exact) mass is 951 g/mol. The molecule has 0 radical (unpaired) electrons. The molecule has 1 unspecified atom stereocenters. The van der Waals surface area contributed by atoms with Crippen LogP contribution in [0.15, 0.2) is 146 Å². The summed E-state index contributed by atoms with van der Waals surface area (Å²) in [6, 6.07) is 0. The Kier molecular flexibility index (Phi) is 52.1. The predicted molar refractivity (Wildman–Crippen MR) is 297 cm³/mol. The van der Waals surface area contributed by atoms with Gasteiger partial charge in [0.25, 0.3) is 0 Å². The van der Waals surface area contributed by atoms with Crippen molar-refractivity contribution in [2.45, 2.75) is 219 Å². The van der Waals surface area contributed by atoms with E-state index in [-0.39, 0.29) is 44.0 Å². The van der Waals surface area contributed by atoms with Crippen molar-refractivity contribution in [3.05, 3.63) is 146 Å². The SMILES string of the molecule is CC\C=C/C=C\C=C/C=C\C=C/CCCCCC(=O)OCC(COC(=O)CC/C=C\C/C=C\C/C=C\C/C=C\C/C=C\C/C=C\CC)OC(=O)CCCCCCCCC/C=C\CCCCCCCC. The highest BCUT2D eigenvalue weighted by atomic mass is 16.6. The summed E-state index contributed by atoms with van der Waals surface area (Å²) in [6.45, 7) is 6.26. The molecule has 0 saturated carbocycles. The van der Waals surface area contributed by atoms with Crippen LogP contribution in [0.2, 0.25) is 0 Å². The molecule has 0 aliphatic carbocycles. The van der Waals surface area contributed by atoms with Crippen LogP contribution in [0.3, 0.4) is 0 Å². The zero-order valence-corrected chi connectivity index (χ0v) is 44.0. The Bertz CT molecular complexity index is 1560. The van der Waals surface area contributed by atoms with Gasteiger partial charge >= 0.3 is 17.9 Å². The molecule has 0 N–H and O–H groups in total. The molecule has 0 aromatic carbocycles. The number of esters is 3. The van der Waals surface area contributed by atoms with Crippen LogP contribution >= 0.6 is 0 Å². The van der Waals surface area contributed by atoms with Gasteiger partial charge in [0.2, 0.25) is 0 Å². The maximum Gasteiger partial charge on any atom is 0.306 e. The van der Waals surface area contributed by atoms with E-state index in [2.05, 4.69) is 106 Å². The fourth-order valence-corrected chi connectivity index (χ4v) is 6.89. The molecule has 69 heavy (non-hydrogen) atoms. The molecule has 0 aromatic rings. The summed E-state index contributed by atoms with van der Waals surface area (Å²) in [5, 5.41) is 0. The Hall–Kier alpha value is -4.71. The molecule has 6 heteroatoms. The number of allylic oxidation sites excluding steroid dienone is 24. The zero-order chi connectivity index (χ0) is 50.0. The van der Waals surface area contributed by atoms with Gasteiger partial charge in [-0.05, 0) is 103 Å². The van der Waals surface area contributed by atoms with Gasteiger partial charge in [-0.15, -0.1) is 0 Å². The van der Waals surface area contributed by atoms with Crippen LogP contribution in [-0.4, -0.2) is 37.2 Å². The standard InChI is InChI=1S/C63H98O6/c1-4-7-10-13-16-19-22-25-28-30-31-33-35-38-41-44-47-50-53-56-62(65)68-59-60(58-67-61(64)55-52-49-46-43-40-37-34-27-24-21-18-15-12-9-6-3)69-63(66)57-54-51-48-45-42-39-36-32-29-26-23-20-17-14-11-8-5-2/h7,9-10,12,15-16,18-19,21,24-29,31,33-34,37-38,40-41,47,50,60H,4-6,8,11,13-14,17,20,22-23,30,32,35-36,39,42-46,48-49,51-59H2,1-3H3/b10-7-,12-9-,18-15-,19-16-,24-21-,28-25-,29-26-,33-31-,34-27-,40-37-,41-38-,50-47-. The van der Waals surface area contributed by atoms with Crippen molar-refractivity contribution in [2.75, 3.05) is 13.2 Å². The second kappa shape index (κ2) is 55.9. The second-order valence-corrected chi connectivity index (χ2v) is 17.5. The molecule has 6 nitrogen and oxygen atoms in total. The van der Waals surface area contributed by atoms with E-state index in [0.717, 1.165) is 83.5 Å². The fraction of sp³-hybridized carbons (Fsp3) is 0.571. The Morgan fingerprint density at radius 1 is 0.319 bits per heavy atom. The van der Waals surface area contributed by atoms with E-state index in [1.807, 2.05) is 60.8 Å². The zero-order valence-electron chi connectivity index (χ0n) is 44.0. The van der Waals surface area contributed by atoms with Crippen molar-refractivity contribution in [3.8, 4) is 0 Å². The first kappa shape index (κ1) is 64.3. The Morgan fingerprint density at radius 2 is 0.667 bits per heavy atom. The molecule has 0 saturated heterocycles. The Morgan fingerprint density at radius 3 is 1.16 bits per heavy atom. The average Bonchev–Trinajstić information content (AvgIpc) is 3.35. The van der Waals surface area contributed by atoms with Gasteiger partial charge in [-0.1, -0.05) is 237 Å². The number of ether oxygens (including phenoxy) is 3. The Labute approximate surface area is 423 Å². The third-order valence-electron chi connectivity index (χ3n) is 11.0. The number of unbranched alkanes of at least 4 members (excludes halogenated alkanes) is 16. The van der Waals surface area contributed by atoms with Crippen molar-refractivity contribution in [2.24, 2.45) is 0 Å². The lowest BCUT2D eigenvalue weighted by Gasteiger charge is -2.18. The minimum Gasteiger partial charge on any atom is -0.462 e. The number of carbonyl (C=O) groups excluding carboxylic acids is 3. The summed E-state index contributed by atoms with van der Waals surface area (Å²) in [5.74, 6) is -1.07. The molecule has 0 spiro atoms. The van der Waals surface area contributed by atoms with Crippen LogP contribution in [-0.2, 0) is 28.6 Å². The van der Waals surface area contributed by atoms with Gasteiger partial charge in [-0.2, -0.15) is 0 Å². The first-order valence-electron chi connectivity index (χ1n) is 27.4. The smallest absolute Gasteiger partial charge is 0.306 e. The fourth-order valence-electron chi connectivity index (χ4n) is 6.89. The summed E-state index contributed by atoms with van der Waals surface area (Å²) >= 11 is 0. The number of hydrogen-bond donors (Lipinski definition) is 0. The number of carbonyl (C=O) groups is 3. The summed E-state index contributed by atoms with van der Waals surface area (Å²) < 4.78 is 16.7. The lowest BCUT2D eigenvalue weighted by atomic mass is 10.1. The van der Waals surface area contributed by atoms with Crippen LogP contribution in [0.5, 0.6) is 0 Å². The highest BCUT2D eigenvalue weighted by Crippen LogP contribution is 2.13. The van der Waals surface area contributed by atoms with Crippen molar-refractivity contribution >= 4 is 17.9 Å². The molecule has 0 heterocycles. The highest BCUT2D eigenvalue weighted by Gasteiger charge is 2.19. The first-order valence-corrected chi connectivity index (χ1v) is 27.4. The molecule has 0 aromatic heterocycles. The third-order valence-corrected chi connectivity index (χ3v) is 11.0. The summed E-state index contributed by atoms with van der Waals surface area (Å²) in [6.07, 6.45) is 79.9. The number of rotatable bonds is 47. The van der Waals surface area contributed by atoms with E-state index >= 15 is 0 Å². The van der Waals surface area contributed by atoms with Crippen LogP contribution in [0.25, 0.3) is 0 Å². The molecular formula is C63H98O6. The largest absolute Gasteiger partial charge is 0.462 e. The van der Waals surface area contributed by atoms with Crippen molar-refractivity contribution in [1.29, 1.82) is 0 Å². The molecule has 0 aliphatic rings. The molecule has 386 valence electrons. The van der Waals surface area contributed by atoms with E-state index < -0.39 is 6.10 Å². The quantitative estimate of drug-likeness (QED) is 0.0199. The van der Waals surface area contributed by atoms with Crippen LogP contribution in [0, 0.1) is 0 Å². The van der Waals surface area contributed by atoms with Crippen LogP contribution in [0.4, 0.5) is 0 Å². The van der Waals surface area contributed by atoms with E-state index in [0.29, 0.717) is 19.3 Å². The third kappa shape index (κ3) is 54.1. The molecule has 1 atom stereocenters. The van der Waals surface area contributed by atoms with Gasteiger partial charge in [-0.3, -0.25) is 14.4 Å². The van der Waals surface area contributed by atoms with Gasteiger partial charge in [0.05, 0.1) is 0 Å². The highest BCUT2D eigenvalue weighted by molar-refractivity contribution is 5.71. The second-order valence-electron chi connectivity index (χ2n) is 17.5. The summed E-state index contributed by atoms with van der Waals surface area (Å²) in [7, 11) is 0. The van der Waals surface area contributed by atoms with E-state index in [9.17, 15) is 14.4 Å². The summed E-state index contributed by atoms with van der Waals surface area (Å²) in [5.41, 5.74) is 0. The minimum absolute atomic E-state index is 0.131. The van der Waals surface area contributed by atoms with Crippen molar-refractivity contribution in [3.63, 3.8) is 0 Å². The van der Waals surface area contributed by atoms with E-state index in [1.165, 1.54) is 77.0 Å². The molecule has 0 aliphatic heterocycles. The van der Waals surface area contributed by atoms with E-state index in [4.69, 9.17) is 14.2 Å². The normalized spacial score (nSPS) is 13.3. The van der Waals surface area contributed by atoms with Crippen molar-refractivity contribution in [1.82, 2.24) is 0 Å². The molecule has 0 amide bonds. The lowest BCUT2D eigenvalue weighted by Crippen LogP contribution is -2.30.